The third-order valence-electron chi connectivity index (χ3n) is 3.53. The lowest BCUT2D eigenvalue weighted by molar-refractivity contribution is -0.00919. The molecule has 0 aromatic heterocycles. The zero-order valence-corrected chi connectivity index (χ0v) is 14.5. The van der Waals surface area contributed by atoms with E-state index in [2.05, 4.69) is 64.2 Å². The lowest BCUT2D eigenvalue weighted by Gasteiger charge is -2.23. The first-order valence-electron chi connectivity index (χ1n) is 8.31. The molecule has 0 saturated heterocycles. The van der Waals surface area contributed by atoms with Gasteiger partial charge in [0.1, 0.15) is 0 Å². The van der Waals surface area contributed by atoms with Crippen LogP contribution in [0.1, 0.15) is 51.7 Å². The van der Waals surface area contributed by atoms with Gasteiger partial charge in [0.15, 0.2) is 0 Å². The van der Waals surface area contributed by atoms with Gasteiger partial charge in [0.05, 0.1) is 5.60 Å². The normalized spacial score (nSPS) is 13.4. The summed E-state index contributed by atoms with van der Waals surface area (Å²) in [5.41, 5.74) is 2.75. The van der Waals surface area contributed by atoms with E-state index >= 15 is 0 Å². The number of benzene rings is 1. The fraction of sp³-hybridized carbons (Fsp3) is 0.684. The molecule has 1 atom stereocenters. The number of nitrogens with one attached hydrogen (secondary N) is 1. The Bertz CT molecular complexity index is 395. The first-order valence-corrected chi connectivity index (χ1v) is 8.31. The monoisotopic (exact) mass is 291 g/mol. The van der Waals surface area contributed by atoms with Gasteiger partial charge in [-0.1, -0.05) is 36.8 Å². The molecule has 0 saturated carbocycles. The van der Waals surface area contributed by atoms with E-state index in [-0.39, 0.29) is 5.60 Å². The van der Waals surface area contributed by atoms with E-state index in [4.69, 9.17) is 4.74 Å². The van der Waals surface area contributed by atoms with Crippen LogP contribution in [0.2, 0.25) is 0 Å². The van der Waals surface area contributed by atoms with Crippen molar-refractivity contribution >= 4 is 0 Å². The van der Waals surface area contributed by atoms with E-state index in [1.807, 2.05) is 0 Å². The van der Waals surface area contributed by atoms with Crippen LogP contribution in [0.25, 0.3) is 0 Å². The molecule has 0 spiro atoms. The van der Waals surface area contributed by atoms with E-state index in [0.717, 1.165) is 32.5 Å². The number of hydrogen-bond acceptors (Lipinski definition) is 2. The molecule has 1 unspecified atom stereocenters. The maximum absolute atomic E-state index is 5.90. The standard InChI is InChI=1S/C19H33NO/c1-6-11-20-15-18(10-12-21-19(3,4)5)14-17-9-7-8-16(2)13-17/h7-9,13,18,20H,6,10-12,14-15H2,1-5H3. The van der Waals surface area contributed by atoms with Crippen LogP contribution in [0.3, 0.4) is 0 Å². The van der Waals surface area contributed by atoms with Crippen molar-refractivity contribution in [3.8, 4) is 0 Å². The third-order valence-corrected chi connectivity index (χ3v) is 3.53. The molecule has 0 aliphatic rings. The molecule has 1 rings (SSSR count). The summed E-state index contributed by atoms with van der Waals surface area (Å²) in [6.45, 7) is 13.8. The summed E-state index contributed by atoms with van der Waals surface area (Å²) in [6.07, 6.45) is 3.43. The largest absolute Gasteiger partial charge is 0.376 e. The Balaban J connectivity index is 2.50. The topological polar surface area (TPSA) is 21.3 Å². The number of rotatable bonds is 9. The second kappa shape index (κ2) is 9.22. The molecule has 1 aromatic carbocycles. The van der Waals surface area contributed by atoms with Crippen LogP contribution in [0.4, 0.5) is 0 Å². The van der Waals surface area contributed by atoms with Gasteiger partial charge >= 0.3 is 0 Å². The van der Waals surface area contributed by atoms with E-state index in [9.17, 15) is 0 Å². The molecule has 0 heterocycles. The van der Waals surface area contributed by atoms with Crippen LogP contribution in [0.5, 0.6) is 0 Å². The second-order valence-electron chi connectivity index (χ2n) is 7.01. The van der Waals surface area contributed by atoms with Crippen molar-refractivity contribution in [2.75, 3.05) is 19.7 Å². The maximum Gasteiger partial charge on any atom is 0.0598 e. The summed E-state index contributed by atoms with van der Waals surface area (Å²) in [7, 11) is 0. The van der Waals surface area contributed by atoms with Crippen LogP contribution in [0, 0.1) is 12.8 Å². The Morgan fingerprint density at radius 3 is 2.62 bits per heavy atom. The molecule has 0 aliphatic carbocycles. The average molecular weight is 291 g/mol. The number of ether oxygens (including phenoxy) is 1. The minimum Gasteiger partial charge on any atom is -0.376 e. The molecule has 1 aromatic rings. The molecular formula is C19H33NO. The molecule has 2 nitrogen and oxygen atoms in total. The Morgan fingerprint density at radius 2 is 2.00 bits per heavy atom. The van der Waals surface area contributed by atoms with Crippen LogP contribution in [-0.4, -0.2) is 25.3 Å². The fourth-order valence-corrected chi connectivity index (χ4v) is 2.46. The van der Waals surface area contributed by atoms with E-state index in [0.29, 0.717) is 5.92 Å². The summed E-state index contributed by atoms with van der Waals surface area (Å²) in [4.78, 5) is 0. The molecule has 2 heteroatoms. The summed E-state index contributed by atoms with van der Waals surface area (Å²) >= 11 is 0. The van der Waals surface area contributed by atoms with Gasteiger partial charge in [-0.3, -0.25) is 0 Å². The molecule has 120 valence electrons. The molecule has 0 amide bonds. The first kappa shape index (κ1) is 18.2. The first-order chi connectivity index (χ1) is 9.90. The van der Waals surface area contributed by atoms with Gasteiger partial charge in [-0.05, 0) is 71.5 Å². The predicted octanol–water partition coefficient (Wildman–Crippen LogP) is 4.36. The summed E-state index contributed by atoms with van der Waals surface area (Å²) in [5.74, 6) is 0.640. The summed E-state index contributed by atoms with van der Waals surface area (Å²) in [5, 5.41) is 3.56. The Kier molecular flexibility index (Phi) is 7.98. The van der Waals surface area contributed by atoms with Crippen LogP contribution < -0.4 is 5.32 Å². The van der Waals surface area contributed by atoms with Crippen LogP contribution in [0.15, 0.2) is 24.3 Å². The molecule has 0 radical (unpaired) electrons. The minimum atomic E-state index is -0.0370. The van der Waals surface area contributed by atoms with Gasteiger partial charge in [-0.25, -0.2) is 0 Å². The van der Waals surface area contributed by atoms with Crippen molar-refractivity contribution in [3.63, 3.8) is 0 Å². The van der Waals surface area contributed by atoms with Gasteiger partial charge < -0.3 is 10.1 Å². The Morgan fingerprint density at radius 1 is 1.24 bits per heavy atom. The quantitative estimate of drug-likeness (QED) is 0.683. The van der Waals surface area contributed by atoms with Crippen molar-refractivity contribution in [1.29, 1.82) is 0 Å². The van der Waals surface area contributed by atoms with Gasteiger partial charge in [-0.15, -0.1) is 0 Å². The van der Waals surface area contributed by atoms with E-state index < -0.39 is 0 Å². The highest BCUT2D eigenvalue weighted by Gasteiger charge is 2.14. The number of hydrogen-bond donors (Lipinski definition) is 1. The van der Waals surface area contributed by atoms with E-state index in [1.165, 1.54) is 17.5 Å². The van der Waals surface area contributed by atoms with Crippen LogP contribution in [-0.2, 0) is 11.2 Å². The Labute approximate surface area is 131 Å². The zero-order valence-electron chi connectivity index (χ0n) is 14.5. The maximum atomic E-state index is 5.90. The van der Waals surface area contributed by atoms with Crippen molar-refractivity contribution in [2.45, 2.75) is 59.5 Å². The smallest absolute Gasteiger partial charge is 0.0598 e. The third kappa shape index (κ3) is 8.90. The van der Waals surface area contributed by atoms with Crippen molar-refractivity contribution in [3.05, 3.63) is 35.4 Å². The van der Waals surface area contributed by atoms with Crippen molar-refractivity contribution < 1.29 is 4.74 Å². The highest BCUT2D eigenvalue weighted by atomic mass is 16.5. The Hall–Kier alpha value is -0.860. The predicted molar refractivity (Wildman–Crippen MR) is 91.9 cm³/mol. The lowest BCUT2D eigenvalue weighted by Crippen LogP contribution is -2.27. The van der Waals surface area contributed by atoms with Crippen molar-refractivity contribution in [2.24, 2.45) is 5.92 Å². The zero-order chi connectivity index (χ0) is 15.7. The van der Waals surface area contributed by atoms with Gasteiger partial charge in [0.25, 0.3) is 0 Å². The molecule has 21 heavy (non-hydrogen) atoms. The lowest BCUT2D eigenvalue weighted by atomic mass is 9.95. The summed E-state index contributed by atoms with van der Waals surface area (Å²) in [6, 6.07) is 8.87. The van der Waals surface area contributed by atoms with Gasteiger partial charge in [0, 0.05) is 6.61 Å². The molecule has 0 aliphatic heterocycles. The molecule has 1 N–H and O–H groups in total. The average Bonchev–Trinajstić information content (AvgIpc) is 2.37. The fourth-order valence-electron chi connectivity index (χ4n) is 2.46. The minimum absolute atomic E-state index is 0.0370. The van der Waals surface area contributed by atoms with Crippen LogP contribution >= 0.6 is 0 Å². The van der Waals surface area contributed by atoms with Gasteiger partial charge in [0.2, 0.25) is 0 Å². The van der Waals surface area contributed by atoms with Gasteiger partial charge in [-0.2, -0.15) is 0 Å². The molecule has 0 fully saturated rings. The SMILES string of the molecule is CCCNCC(CCOC(C)(C)C)Cc1cccc(C)c1. The summed E-state index contributed by atoms with van der Waals surface area (Å²) < 4.78 is 5.90. The van der Waals surface area contributed by atoms with E-state index in [1.54, 1.807) is 0 Å². The van der Waals surface area contributed by atoms with Crippen molar-refractivity contribution in [1.82, 2.24) is 5.32 Å². The molecule has 0 bridgehead atoms. The molecular weight excluding hydrogens is 258 g/mol. The highest BCUT2D eigenvalue weighted by molar-refractivity contribution is 5.22. The highest BCUT2D eigenvalue weighted by Crippen LogP contribution is 2.15. The second-order valence-corrected chi connectivity index (χ2v) is 7.01. The number of aryl methyl sites for hydroxylation is 1.